The number of ether oxygens (including phenoxy) is 1. The summed E-state index contributed by atoms with van der Waals surface area (Å²) in [6.45, 7) is 2.09. The fraction of sp³-hybridized carbons (Fsp3) is 0.444. The molecule has 0 unspecified atom stereocenters. The number of nitrogens with one attached hydrogen (secondary N) is 1. The van der Waals surface area contributed by atoms with Gasteiger partial charge in [-0.15, -0.1) is 0 Å². The number of anilines is 1. The Balaban J connectivity index is 2.92. The Labute approximate surface area is 114 Å². The van der Waals surface area contributed by atoms with Gasteiger partial charge < -0.3 is 4.74 Å². The van der Waals surface area contributed by atoms with Gasteiger partial charge in [0, 0.05) is 12.7 Å². The Morgan fingerprint density at radius 1 is 1.53 bits per heavy atom. The van der Waals surface area contributed by atoms with E-state index in [0.717, 1.165) is 6.07 Å². The number of halogens is 1. The maximum absolute atomic E-state index is 11.7. The summed E-state index contributed by atoms with van der Waals surface area (Å²) in [6.07, 6.45) is 0. The standard InChI is InChI=1S/C9H12ClN3O5S/c1-2-18-5-6-19(16,17)12-9-7(13(14)15)3-4-8(10)11-9/h3-4H,2,5-6H2,1H3,(H,11,12). The molecular weight excluding hydrogens is 298 g/mol. The first-order valence-corrected chi connectivity index (χ1v) is 7.28. The third-order valence-electron chi connectivity index (χ3n) is 1.99. The summed E-state index contributed by atoms with van der Waals surface area (Å²) in [7, 11) is -3.78. The molecule has 0 radical (unpaired) electrons. The Morgan fingerprint density at radius 3 is 2.79 bits per heavy atom. The lowest BCUT2D eigenvalue weighted by Crippen LogP contribution is -2.21. The molecule has 0 aromatic carbocycles. The Bertz CT molecular complexity index is 563. The predicted molar refractivity (Wildman–Crippen MR) is 69.8 cm³/mol. The van der Waals surface area contributed by atoms with Crippen LogP contribution in [-0.2, 0) is 14.8 Å². The third kappa shape index (κ3) is 4.97. The molecule has 0 amide bonds. The minimum Gasteiger partial charge on any atom is -0.381 e. The molecule has 10 heteroatoms. The molecule has 0 atom stereocenters. The first kappa shape index (κ1) is 15.6. The number of hydrogen-bond donors (Lipinski definition) is 1. The van der Waals surface area contributed by atoms with Crippen molar-refractivity contribution in [1.29, 1.82) is 0 Å². The van der Waals surface area contributed by atoms with Crippen LogP contribution in [-0.4, -0.2) is 37.3 Å². The van der Waals surface area contributed by atoms with E-state index in [-0.39, 0.29) is 17.5 Å². The summed E-state index contributed by atoms with van der Waals surface area (Å²) in [5.41, 5.74) is -0.468. The van der Waals surface area contributed by atoms with E-state index in [9.17, 15) is 18.5 Å². The lowest BCUT2D eigenvalue weighted by molar-refractivity contribution is -0.384. The number of pyridine rings is 1. The molecular formula is C9H12ClN3O5S. The summed E-state index contributed by atoms with van der Waals surface area (Å²) >= 11 is 5.58. The van der Waals surface area contributed by atoms with Crippen molar-refractivity contribution in [2.75, 3.05) is 23.7 Å². The molecule has 0 aliphatic carbocycles. The zero-order valence-electron chi connectivity index (χ0n) is 10.00. The van der Waals surface area contributed by atoms with E-state index in [4.69, 9.17) is 16.3 Å². The predicted octanol–water partition coefficient (Wildman–Crippen LogP) is 1.42. The van der Waals surface area contributed by atoms with Gasteiger partial charge in [0.25, 0.3) is 0 Å². The Morgan fingerprint density at radius 2 is 2.21 bits per heavy atom. The van der Waals surface area contributed by atoms with Gasteiger partial charge >= 0.3 is 5.69 Å². The molecule has 0 bridgehead atoms. The van der Waals surface area contributed by atoms with Gasteiger partial charge in [-0.05, 0) is 13.0 Å². The highest BCUT2D eigenvalue weighted by Crippen LogP contribution is 2.24. The molecule has 1 aromatic rings. The normalized spacial score (nSPS) is 11.3. The van der Waals surface area contributed by atoms with Crippen LogP contribution in [0.1, 0.15) is 6.92 Å². The molecule has 1 N–H and O–H groups in total. The minimum absolute atomic E-state index is 0.0137. The van der Waals surface area contributed by atoms with Gasteiger partial charge in [-0.25, -0.2) is 13.4 Å². The van der Waals surface area contributed by atoms with Crippen LogP contribution in [0, 0.1) is 10.1 Å². The lowest BCUT2D eigenvalue weighted by atomic mass is 10.4. The van der Waals surface area contributed by atoms with Gasteiger partial charge in [-0.2, -0.15) is 0 Å². The van der Waals surface area contributed by atoms with E-state index in [2.05, 4.69) is 4.98 Å². The fourth-order valence-electron chi connectivity index (χ4n) is 1.16. The third-order valence-corrected chi connectivity index (χ3v) is 3.41. The van der Waals surface area contributed by atoms with E-state index < -0.39 is 26.5 Å². The Hall–Kier alpha value is -1.45. The van der Waals surface area contributed by atoms with Gasteiger partial charge in [-0.3, -0.25) is 14.8 Å². The van der Waals surface area contributed by atoms with Crippen molar-refractivity contribution < 1.29 is 18.1 Å². The van der Waals surface area contributed by atoms with E-state index in [0.29, 0.717) is 6.61 Å². The van der Waals surface area contributed by atoms with Crippen LogP contribution in [0.5, 0.6) is 0 Å². The summed E-state index contributed by atoms with van der Waals surface area (Å²) in [4.78, 5) is 13.6. The summed E-state index contributed by atoms with van der Waals surface area (Å²) in [5, 5.41) is 10.7. The van der Waals surface area contributed by atoms with Crippen LogP contribution in [0.3, 0.4) is 0 Å². The zero-order chi connectivity index (χ0) is 14.5. The minimum atomic E-state index is -3.78. The number of sulfonamides is 1. The van der Waals surface area contributed by atoms with Gasteiger partial charge in [0.05, 0.1) is 17.3 Å². The van der Waals surface area contributed by atoms with Crippen LogP contribution in [0.15, 0.2) is 12.1 Å². The van der Waals surface area contributed by atoms with Crippen LogP contribution in [0.2, 0.25) is 5.15 Å². The lowest BCUT2D eigenvalue weighted by Gasteiger charge is -2.07. The number of rotatable bonds is 7. The number of nitrogens with zero attached hydrogens (tertiary/aromatic N) is 2. The van der Waals surface area contributed by atoms with Crippen molar-refractivity contribution in [1.82, 2.24) is 4.98 Å². The quantitative estimate of drug-likeness (QED) is 0.353. The van der Waals surface area contributed by atoms with Crippen LogP contribution < -0.4 is 4.72 Å². The first-order valence-electron chi connectivity index (χ1n) is 5.25. The van der Waals surface area contributed by atoms with Crippen molar-refractivity contribution >= 4 is 33.1 Å². The fourth-order valence-corrected chi connectivity index (χ4v) is 2.19. The van der Waals surface area contributed by atoms with Crippen molar-refractivity contribution in [3.63, 3.8) is 0 Å². The molecule has 0 spiro atoms. The van der Waals surface area contributed by atoms with Crippen molar-refractivity contribution in [3.05, 3.63) is 27.4 Å². The SMILES string of the molecule is CCOCCS(=O)(=O)Nc1nc(Cl)ccc1[N+](=O)[O-]. The maximum Gasteiger partial charge on any atom is 0.312 e. The first-order chi connectivity index (χ1) is 8.85. The smallest absolute Gasteiger partial charge is 0.312 e. The van der Waals surface area contributed by atoms with Crippen molar-refractivity contribution in [3.8, 4) is 0 Å². The molecule has 106 valence electrons. The molecule has 1 aromatic heterocycles. The second kappa shape index (κ2) is 6.64. The van der Waals surface area contributed by atoms with Gasteiger partial charge in [-0.1, -0.05) is 11.6 Å². The highest BCUT2D eigenvalue weighted by Gasteiger charge is 2.21. The summed E-state index contributed by atoms with van der Waals surface area (Å²) in [5.74, 6) is -0.736. The van der Waals surface area contributed by atoms with E-state index in [1.807, 2.05) is 4.72 Å². The number of aromatic nitrogens is 1. The van der Waals surface area contributed by atoms with Gasteiger partial charge in [0.1, 0.15) is 5.15 Å². The average Bonchev–Trinajstić information content (AvgIpc) is 2.28. The van der Waals surface area contributed by atoms with E-state index >= 15 is 0 Å². The van der Waals surface area contributed by atoms with Crippen LogP contribution >= 0.6 is 11.6 Å². The van der Waals surface area contributed by atoms with Gasteiger partial charge in [0.15, 0.2) is 0 Å². The molecule has 1 rings (SSSR count). The molecule has 0 aliphatic rings. The molecule has 19 heavy (non-hydrogen) atoms. The largest absolute Gasteiger partial charge is 0.381 e. The monoisotopic (exact) mass is 309 g/mol. The molecule has 0 saturated carbocycles. The molecule has 0 aliphatic heterocycles. The highest BCUT2D eigenvalue weighted by molar-refractivity contribution is 7.92. The van der Waals surface area contributed by atoms with Gasteiger partial charge in [0.2, 0.25) is 15.8 Å². The highest BCUT2D eigenvalue weighted by atomic mass is 35.5. The summed E-state index contributed by atoms with van der Waals surface area (Å²) < 4.78 is 30.3. The average molecular weight is 310 g/mol. The Kier molecular flexibility index (Phi) is 5.45. The second-order valence-electron chi connectivity index (χ2n) is 3.38. The maximum atomic E-state index is 11.7. The zero-order valence-corrected chi connectivity index (χ0v) is 11.6. The molecule has 0 saturated heterocycles. The molecule has 1 heterocycles. The molecule has 0 fully saturated rings. The van der Waals surface area contributed by atoms with E-state index in [1.165, 1.54) is 6.07 Å². The van der Waals surface area contributed by atoms with Crippen molar-refractivity contribution in [2.45, 2.75) is 6.92 Å². The van der Waals surface area contributed by atoms with E-state index in [1.54, 1.807) is 6.92 Å². The second-order valence-corrected chi connectivity index (χ2v) is 5.61. The van der Waals surface area contributed by atoms with Crippen molar-refractivity contribution in [2.24, 2.45) is 0 Å². The number of hydrogen-bond acceptors (Lipinski definition) is 6. The number of nitro groups is 1. The topological polar surface area (TPSA) is 111 Å². The molecule has 8 nitrogen and oxygen atoms in total. The summed E-state index contributed by atoms with van der Waals surface area (Å²) in [6, 6.07) is 2.29. The van der Waals surface area contributed by atoms with Crippen LogP contribution in [0.4, 0.5) is 11.5 Å². The van der Waals surface area contributed by atoms with Crippen LogP contribution in [0.25, 0.3) is 0 Å².